The maximum absolute atomic E-state index is 13.5. The van der Waals surface area contributed by atoms with Gasteiger partial charge in [-0.15, -0.1) is 0 Å². The number of hydrogen-bond donors (Lipinski definition) is 1. The number of ether oxygens (including phenoxy) is 1. The summed E-state index contributed by atoms with van der Waals surface area (Å²) in [7, 11) is -2.24. The van der Waals surface area contributed by atoms with E-state index in [4.69, 9.17) is 16.3 Å². The third kappa shape index (κ3) is 7.36. The van der Waals surface area contributed by atoms with Gasteiger partial charge in [0.05, 0.1) is 19.1 Å². The van der Waals surface area contributed by atoms with Crippen LogP contribution in [0.3, 0.4) is 0 Å². The molecule has 0 aliphatic rings. The minimum absolute atomic E-state index is 0.115. The van der Waals surface area contributed by atoms with Crippen LogP contribution in [0.15, 0.2) is 48.5 Å². The number of amides is 2. The molecular formula is C23H30ClN3O5S. The van der Waals surface area contributed by atoms with Gasteiger partial charge in [0.25, 0.3) is 0 Å². The summed E-state index contributed by atoms with van der Waals surface area (Å²) in [5.41, 5.74) is 1.06. The summed E-state index contributed by atoms with van der Waals surface area (Å²) in [6.45, 7) is 3.67. The standard InChI is InChI=1S/C23H30ClN3O5S/c1-5-21(23(29)25-6-2)26(15-17-8-7-9-20(14-17)32-3)22(28)16-27(33(4,30)31)19-12-10-18(24)11-13-19/h7-14,21H,5-6,15-16H2,1-4H3,(H,25,29)/t21-/m1/s1. The molecule has 0 radical (unpaired) electrons. The van der Waals surface area contributed by atoms with Gasteiger partial charge in [0.1, 0.15) is 18.3 Å². The average molecular weight is 496 g/mol. The number of rotatable bonds is 11. The lowest BCUT2D eigenvalue weighted by Crippen LogP contribution is -2.52. The third-order valence-corrected chi connectivity index (χ3v) is 6.41. The van der Waals surface area contributed by atoms with E-state index in [1.165, 1.54) is 17.0 Å². The van der Waals surface area contributed by atoms with E-state index < -0.39 is 28.5 Å². The molecule has 0 bridgehead atoms. The monoisotopic (exact) mass is 495 g/mol. The molecule has 2 aromatic carbocycles. The van der Waals surface area contributed by atoms with E-state index in [1.807, 2.05) is 6.07 Å². The summed E-state index contributed by atoms with van der Waals surface area (Å²) in [4.78, 5) is 27.6. The maximum atomic E-state index is 13.5. The quantitative estimate of drug-likeness (QED) is 0.517. The largest absolute Gasteiger partial charge is 0.497 e. The van der Waals surface area contributed by atoms with Crippen molar-refractivity contribution in [1.29, 1.82) is 0 Å². The fraction of sp³-hybridized carbons (Fsp3) is 0.391. The fourth-order valence-electron chi connectivity index (χ4n) is 3.40. The van der Waals surface area contributed by atoms with Crippen molar-refractivity contribution in [3.05, 3.63) is 59.1 Å². The van der Waals surface area contributed by atoms with Crippen molar-refractivity contribution in [1.82, 2.24) is 10.2 Å². The number of methoxy groups -OCH3 is 1. The molecule has 2 amide bonds. The zero-order valence-electron chi connectivity index (χ0n) is 19.2. The van der Waals surface area contributed by atoms with Crippen LogP contribution in [-0.4, -0.2) is 57.6 Å². The highest BCUT2D eigenvalue weighted by Gasteiger charge is 2.31. The van der Waals surface area contributed by atoms with Gasteiger partial charge in [0, 0.05) is 18.1 Å². The second-order valence-corrected chi connectivity index (χ2v) is 9.78. The van der Waals surface area contributed by atoms with Crippen LogP contribution in [0.4, 0.5) is 5.69 Å². The topological polar surface area (TPSA) is 96.0 Å². The normalized spacial score (nSPS) is 12.0. The van der Waals surface area contributed by atoms with E-state index in [-0.39, 0.29) is 12.5 Å². The number of sulfonamides is 1. The Hall–Kier alpha value is -2.78. The fourth-order valence-corrected chi connectivity index (χ4v) is 4.38. The summed E-state index contributed by atoms with van der Waals surface area (Å²) in [5.74, 6) is -0.185. The Morgan fingerprint density at radius 2 is 1.79 bits per heavy atom. The summed E-state index contributed by atoms with van der Waals surface area (Å²) in [6.07, 6.45) is 1.39. The highest BCUT2D eigenvalue weighted by molar-refractivity contribution is 7.92. The van der Waals surface area contributed by atoms with Gasteiger partial charge in [0.15, 0.2) is 0 Å². The van der Waals surface area contributed by atoms with Crippen molar-refractivity contribution in [3.8, 4) is 5.75 Å². The molecule has 0 aromatic heterocycles. The molecule has 0 saturated carbocycles. The van der Waals surface area contributed by atoms with Crippen LogP contribution >= 0.6 is 11.6 Å². The molecule has 180 valence electrons. The van der Waals surface area contributed by atoms with Gasteiger partial charge >= 0.3 is 0 Å². The lowest BCUT2D eigenvalue weighted by atomic mass is 10.1. The molecule has 0 aliphatic carbocycles. The predicted octanol–water partition coefficient (Wildman–Crippen LogP) is 3.06. The van der Waals surface area contributed by atoms with Crippen molar-refractivity contribution in [2.24, 2.45) is 0 Å². The van der Waals surface area contributed by atoms with Crippen LogP contribution in [0, 0.1) is 0 Å². The number of benzene rings is 2. The molecule has 0 fully saturated rings. The molecule has 2 rings (SSSR count). The molecule has 0 unspecified atom stereocenters. The molecule has 10 heteroatoms. The predicted molar refractivity (Wildman–Crippen MR) is 130 cm³/mol. The Morgan fingerprint density at radius 1 is 1.12 bits per heavy atom. The number of nitrogens with zero attached hydrogens (tertiary/aromatic N) is 2. The van der Waals surface area contributed by atoms with Crippen molar-refractivity contribution < 1.29 is 22.7 Å². The lowest BCUT2D eigenvalue weighted by molar-refractivity contribution is -0.140. The van der Waals surface area contributed by atoms with Crippen LogP contribution in [-0.2, 0) is 26.2 Å². The second-order valence-electron chi connectivity index (χ2n) is 7.44. The smallest absolute Gasteiger partial charge is 0.244 e. The first-order valence-corrected chi connectivity index (χ1v) is 12.8. The zero-order valence-corrected chi connectivity index (χ0v) is 20.8. The van der Waals surface area contributed by atoms with E-state index in [0.29, 0.717) is 29.4 Å². The van der Waals surface area contributed by atoms with Crippen molar-refractivity contribution >= 4 is 39.1 Å². The minimum atomic E-state index is -3.78. The molecule has 0 saturated heterocycles. The minimum Gasteiger partial charge on any atom is -0.497 e. The van der Waals surface area contributed by atoms with Crippen LogP contribution in [0.1, 0.15) is 25.8 Å². The first-order chi connectivity index (χ1) is 15.6. The van der Waals surface area contributed by atoms with Gasteiger partial charge in [-0.25, -0.2) is 8.42 Å². The van der Waals surface area contributed by atoms with Gasteiger partial charge in [0.2, 0.25) is 21.8 Å². The van der Waals surface area contributed by atoms with Crippen LogP contribution in [0.25, 0.3) is 0 Å². The SMILES string of the molecule is CCNC(=O)[C@@H](CC)N(Cc1cccc(OC)c1)C(=O)CN(c1ccc(Cl)cc1)S(C)(=O)=O. The molecule has 8 nitrogen and oxygen atoms in total. The number of halogens is 1. The molecular weight excluding hydrogens is 466 g/mol. The maximum Gasteiger partial charge on any atom is 0.244 e. The first kappa shape index (κ1) is 26.5. The first-order valence-electron chi connectivity index (χ1n) is 10.5. The van der Waals surface area contributed by atoms with Crippen LogP contribution in [0.5, 0.6) is 5.75 Å². The Labute approximate surface area is 200 Å². The summed E-state index contributed by atoms with van der Waals surface area (Å²) >= 11 is 5.93. The molecule has 1 N–H and O–H groups in total. The number of likely N-dealkylation sites (N-methyl/N-ethyl adjacent to an activating group) is 1. The highest BCUT2D eigenvalue weighted by atomic mass is 35.5. The summed E-state index contributed by atoms with van der Waals surface area (Å²) < 4.78 is 31.3. The number of carbonyl (C=O) groups excluding carboxylic acids is 2. The molecule has 33 heavy (non-hydrogen) atoms. The van der Waals surface area contributed by atoms with Crippen molar-refractivity contribution in [2.45, 2.75) is 32.9 Å². The van der Waals surface area contributed by atoms with Crippen LogP contribution in [0.2, 0.25) is 5.02 Å². The van der Waals surface area contributed by atoms with E-state index >= 15 is 0 Å². The van der Waals surface area contributed by atoms with Crippen molar-refractivity contribution in [2.75, 3.05) is 30.8 Å². The Morgan fingerprint density at radius 3 is 2.33 bits per heavy atom. The van der Waals surface area contributed by atoms with E-state index in [9.17, 15) is 18.0 Å². The highest BCUT2D eigenvalue weighted by Crippen LogP contribution is 2.22. The van der Waals surface area contributed by atoms with E-state index in [2.05, 4.69) is 5.32 Å². The van der Waals surface area contributed by atoms with E-state index in [0.717, 1.165) is 16.1 Å². The number of nitrogens with one attached hydrogen (secondary N) is 1. The van der Waals surface area contributed by atoms with Gasteiger partial charge in [-0.1, -0.05) is 30.7 Å². The molecule has 0 spiro atoms. The Bertz CT molecular complexity index is 1060. The third-order valence-electron chi connectivity index (χ3n) is 5.02. The van der Waals surface area contributed by atoms with E-state index in [1.54, 1.807) is 51.3 Å². The summed E-state index contributed by atoms with van der Waals surface area (Å²) in [6, 6.07) is 12.6. The Kier molecular flexibility index (Phi) is 9.55. The van der Waals surface area contributed by atoms with Gasteiger partial charge in [-0.2, -0.15) is 0 Å². The molecule has 2 aromatic rings. The Balaban J connectivity index is 2.43. The van der Waals surface area contributed by atoms with Gasteiger partial charge in [-0.3, -0.25) is 13.9 Å². The second kappa shape index (κ2) is 11.9. The average Bonchev–Trinajstić information content (AvgIpc) is 2.77. The van der Waals surface area contributed by atoms with Crippen LogP contribution < -0.4 is 14.4 Å². The van der Waals surface area contributed by atoms with Gasteiger partial charge < -0.3 is 15.0 Å². The number of carbonyl (C=O) groups is 2. The molecule has 0 heterocycles. The number of hydrogen-bond acceptors (Lipinski definition) is 5. The van der Waals surface area contributed by atoms with Gasteiger partial charge in [-0.05, 0) is 55.3 Å². The zero-order chi connectivity index (χ0) is 24.6. The summed E-state index contributed by atoms with van der Waals surface area (Å²) in [5, 5.41) is 3.20. The van der Waals surface area contributed by atoms with Crippen molar-refractivity contribution in [3.63, 3.8) is 0 Å². The number of anilines is 1. The molecule has 0 aliphatic heterocycles. The lowest BCUT2D eigenvalue weighted by Gasteiger charge is -2.32. The molecule has 1 atom stereocenters.